The Kier molecular flexibility index (Phi) is 7.32. The predicted octanol–water partition coefficient (Wildman–Crippen LogP) is 4.41. The molecule has 36 heavy (non-hydrogen) atoms. The Morgan fingerprint density at radius 3 is 2.31 bits per heavy atom. The van der Waals surface area contributed by atoms with E-state index < -0.39 is 0 Å². The lowest BCUT2D eigenvalue weighted by atomic mass is 10.00. The van der Waals surface area contributed by atoms with Crippen molar-refractivity contribution in [1.82, 2.24) is 19.6 Å². The number of hydrogen-bond acceptors (Lipinski definition) is 4. The van der Waals surface area contributed by atoms with Crippen LogP contribution in [0.5, 0.6) is 0 Å². The summed E-state index contributed by atoms with van der Waals surface area (Å²) in [6.45, 7) is 8.35. The third kappa shape index (κ3) is 5.14. The summed E-state index contributed by atoms with van der Waals surface area (Å²) >= 11 is 12.5. The molecule has 8 heteroatoms. The van der Waals surface area contributed by atoms with Crippen LogP contribution < -0.4 is 0 Å². The Morgan fingerprint density at radius 2 is 1.67 bits per heavy atom. The quantitative estimate of drug-likeness (QED) is 0.576. The highest BCUT2D eigenvalue weighted by Crippen LogP contribution is 2.33. The second kappa shape index (κ2) is 10.3. The molecule has 3 saturated heterocycles. The Balaban J connectivity index is 1.33. The van der Waals surface area contributed by atoms with Crippen molar-refractivity contribution in [3.05, 3.63) is 68.7 Å². The Bertz CT molecular complexity index is 1150. The van der Waals surface area contributed by atoms with Crippen LogP contribution in [0.4, 0.5) is 0 Å². The van der Waals surface area contributed by atoms with Crippen molar-refractivity contribution in [3.8, 4) is 0 Å². The molecule has 0 aromatic heterocycles. The molecule has 3 fully saturated rings. The number of aryl methyl sites for hydroxylation is 2. The fourth-order valence-corrected chi connectivity index (χ4v) is 6.46. The lowest BCUT2D eigenvalue weighted by Gasteiger charge is -2.42. The van der Waals surface area contributed by atoms with Crippen LogP contribution in [-0.2, 0) is 4.79 Å². The summed E-state index contributed by atoms with van der Waals surface area (Å²) in [6.07, 6.45) is 1.69. The molecule has 2 aromatic carbocycles. The Morgan fingerprint density at radius 1 is 0.917 bits per heavy atom. The van der Waals surface area contributed by atoms with Gasteiger partial charge in [0, 0.05) is 63.3 Å². The highest BCUT2D eigenvalue weighted by molar-refractivity contribution is 6.42. The normalized spacial score (nSPS) is 24.5. The van der Waals surface area contributed by atoms with Gasteiger partial charge in [0.1, 0.15) is 0 Å². The average molecular weight is 530 g/mol. The number of nitrogens with zero attached hydrogens (tertiary/aromatic N) is 4. The minimum absolute atomic E-state index is 0.00355. The number of amides is 2. The van der Waals surface area contributed by atoms with Gasteiger partial charge in [-0.05, 0) is 57.1 Å². The van der Waals surface area contributed by atoms with Crippen molar-refractivity contribution in [1.29, 1.82) is 0 Å². The van der Waals surface area contributed by atoms with E-state index in [1.165, 1.54) is 6.42 Å². The first-order chi connectivity index (χ1) is 17.2. The lowest BCUT2D eigenvalue weighted by Crippen LogP contribution is -2.53. The van der Waals surface area contributed by atoms with E-state index in [-0.39, 0.29) is 17.9 Å². The topological polar surface area (TPSA) is 47.1 Å². The molecule has 5 rings (SSSR count). The fourth-order valence-electron chi connectivity index (χ4n) is 6.16. The van der Waals surface area contributed by atoms with Gasteiger partial charge in [-0.1, -0.05) is 46.5 Å². The number of piperazine rings is 2. The number of carbonyl (C=O) groups is 2. The van der Waals surface area contributed by atoms with Gasteiger partial charge in [-0.2, -0.15) is 0 Å². The number of benzene rings is 2. The van der Waals surface area contributed by atoms with E-state index in [9.17, 15) is 9.59 Å². The molecule has 0 saturated carbocycles. The molecule has 3 aliphatic heterocycles. The number of fused-ring (bicyclic) bond motifs is 2. The standard InChI is InChI=1S/C28H34Cl2N4O2/c1-18-10-19(2)12-21(11-18)28(36)33-8-9-34(26(17-33)20-4-5-24(29)25(30)13-20)27(35)6-7-32-16-22-14-23(32)15-31(22)3/h4-5,10-13,22-23,26H,6-9,14-17H2,1-3H3/t22-,23?,26+/m1/s1. The predicted molar refractivity (Wildman–Crippen MR) is 144 cm³/mol. The van der Waals surface area contributed by atoms with Crippen molar-refractivity contribution in [2.24, 2.45) is 0 Å². The van der Waals surface area contributed by atoms with Crippen molar-refractivity contribution in [3.63, 3.8) is 0 Å². The first kappa shape index (κ1) is 25.5. The maximum atomic E-state index is 13.5. The molecule has 3 aliphatic rings. The zero-order chi connectivity index (χ0) is 25.6. The number of carbonyl (C=O) groups excluding carboxylic acids is 2. The summed E-state index contributed by atoms with van der Waals surface area (Å²) in [6, 6.07) is 12.4. The van der Waals surface area contributed by atoms with Crippen LogP contribution in [-0.4, -0.2) is 89.8 Å². The first-order valence-corrected chi connectivity index (χ1v) is 13.5. The van der Waals surface area contributed by atoms with Gasteiger partial charge in [0.05, 0.1) is 16.1 Å². The fraction of sp³-hybridized carbons (Fsp3) is 0.500. The summed E-state index contributed by atoms with van der Waals surface area (Å²) in [5.41, 5.74) is 3.72. The number of rotatable bonds is 5. The molecule has 1 unspecified atom stereocenters. The number of hydrogen-bond donors (Lipinski definition) is 0. The molecule has 0 aliphatic carbocycles. The molecule has 3 atom stereocenters. The summed E-state index contributed by atoms with van der Waals surface area (Å²) in [7, 11) is 2.19. The van der Waals surface area contributed by atoms with Crippen LogP contribution in [0.2, 0.25) is 10.0 Å². The van der Waals surface area contributed by atoms with Crippen molar-refractivity contribution < 1.29 is 9.59 Å². The number of halogens is 2. The lowest BCUT2D eigenvalue weighted by molar-refractivity contribution is -0.136. The van der Waals surface area contributed by atoms with Gasteiger partial charge in [0.25, 0.3) is 5.91 Å². The first-order valence-electron chi connectivity index (χ1n) is 12.8. The highest BCUT2D eigenvalue weighted by Gasteiger charge is 2.41. The molecule has 2 aromatic rings. The third-order valence-corrected chi connectivity index (χ3v) is 8.76. The Labute approximate surface area is 223 Å². The molecule has 2 amide bonds. The zero-order valence-corrected chi connectivity index (χ0v) is 22.7. The van der Waals surface area contributed by atoms with Crippen molar-refractivity contribution in [2.75, 3.05) is 46.3 Å². The molecule has 2 bridgehead atoms. The monoisotopic (exact) mass is 528 g/mol. The maximum Gasteiger partial charge on any atom is 0.254 e. The average Bonchev–Trinajstić information content (AvgIpc) is 3.42. The highest BCUT2D eigenvalue weighted by atomic mass is 35.5. The summed E-state index contributed by atoms with van der Waals surface area (Å²) in [5, 5.41) is 0.933. The van der Waals surface area contributed by atoms with Crippen molar-refractivity contribution in [2.45, 2.75) is 44.8 Å². The van der Waals surface area contributed by atoms with Crippen LogP contribution in [0.25, 0.3) is 0 Å². The number of likely N-dealkylation sites (N-methyl/N-ethyl adjacent to an activating group) is 1. The summed E-state index contributed by atoms with van der Waals surface area (Å²) in [5.74, 6) is 0.122. The summed E-state index contributed by atoms with van der Waals surface area (Å²) in [4.78, 5) is 35.7. The minimum atomic E-state index is -0.267. The Hall–Kier alpha value is -2.12. The molecular weight excluding hydrogens is 495 g/mol. The van der Waals surface area contributed by atoms with Gasteiger partial charge in [-0.15, -0.1) is 0 Å². The SMILES string of the molecule is Cc1cc(C)cc(C(=O)N2CCN(C(=O)CCN3C[C@H]4CC3CN4C)[C@H](c3ccc(Cl)c(Cl)c3)C2)c1. The van der Waals surface area contributed by atoms with Crippen LogP contribution >= 0.6 is 23.2 Å². The molecule has 6 nitrogen and oxygen atoms in total. The molecule has 192 valence electrons. The van der Waals surface area contributed by atoms with E-state index >= 15 is 0 Å². The van der Waals surface area contributed by atoms with E-state index in [4.69, 9.17) is 23.2 Å². The van der Waals surface area contributed by atoms with E-state index in [0.717, 1.165) is 36.3 Å². The van der Waals surface area contributed by atoms with Crippen LogP contribution in [0.15, 0.2) is 36.4 Å². The van der Waals surface area contributed by atoms with E-state index in [1.54, 1.807) is 6.07 Å². The largest absolute Gasteiger partial charge is 0.334 e. The molecule has 0 radical (unpaired) electrons. The molecule has 0 N–H and O–H groups in total. The second-order valence-corrected chi connectivity index (χ2v) is 11.4. The molecule has 0 spiro atoms. The van der Waals surface area contributed by atoms with Gasteiger partial charge in [-0.25, -0.2) is 0 Å². The minimum Gasteiger partial charge on any atom is -0.334 e. The third-order valence-electron chi connectivity index (χ3n) is 8.03. The van der Waals surface area contributed by atoms with Gasteiger partial charge in [-0.3, -0.25) is 14.5 Å². The van der Waals surface area contributed by atoms with Crippen LogP contribution in [0.3, 0.4) is 0 Å². The van der Waals surface area contributed by atoms with E-state index in [1.807, 2.05) is 47.9 Å². The van der Waals surface area contributed by atoms with Gasteiger partial charge >= 0.3 is 0 Å². The number of likely N-dealkylation sites (tertiary alicyclic amines) is 2. The van der Waals surface area contributed by atoms with Gasteiger partial charge in [0.2, 0.25) is 5.91 Å². The molecular formula is C28H34Cl2N4O2. The van der Waals surface area contributed by atoms with Gasteiger partial charge in [0.15, 0.2) is 0 Å². The van der Waals surface area contributed by atoms with Crippen LogP contribution in [0.1, 0.15) is 45.9 Å². The second-order valence-electron chi connectivity index (χ2n) is 10.6. The maximum absolute atomic E-state index is 13.5. The zero-order valence-electron chi connectivity index (χ0n) is 21.2. The smallest absolute Gasteiger partial charge is 0.254 e. The van der Waals surface area contributed by atoms with Gasteiger partial charge < -0.3 is 14.7 Å². The van der Waals surface area contributed by atoms with E-state index in [0.29, 0.717) is 53.7 Å². The van der Waals surface area contributed by atoms with Crippen molar-refractivity contribution >= 4 is 35.0 Å². The van der Waals surface area contributed by atoms with E-state index in [2.05, 4.69) is 22.9 Å². The molecule has 3 heterocycles. The van der Waals surface area contributed by atoms with Crippen LogP contribution in [0, 0.1) is 13.8 Å². The summed E-state index contributed by atoms with van der Waals surface area (Å²) < 4.78 is 0.